The van der Waals surface area contributed by atoms with Crippen LogP contribution in [0.15, 0.2) is 42.9 Å². The monoisotopic (exact) mass is 503 g/mol. The van der Waals surface area contributed by atoms with Gasteiger partial charge in [0.1, 0.15) is 5.82 Å². The van der Waals surface area contributed by atoms with Crippen LogP contribution in [-0.2, 0) is 6.54 Å². The van der Waals surface area contributed by atoms with Gasteiger partial charge in [-0.05, 0) is 86.4 Å². The van der Waals surface area contributed by atoms with Crippen molar-refractivity contribution in [3.8, 4) is 10.4 Å². The molecule has 3 aliphatic rings. The fourth-order valence-corrected chi connectivity index (χ4v) is 7.15. The van der Waals surface area contributed by atoms with Crippen molar-refractivity contribution in [2.75, 3.05) is 13.1 Å². The number of hydrazine groups is 1. The van der Waals surface area contributed by atoms with Crippen LogP contribution in [-0.4, -0.2) is 44.0 Å². The van der Waals surface area contributed by atoms with Crippen molar-refractivity contribution >= 4 is 22.5 Å². The molecule has 0 bridgehead atoms. The van der Waals surface area contributed by atoms with Crippen molar-refractivity contribution in [3.05, 3.63) is 64.9 Å². The smallest absolute Gasteiger partial charge is 0.178 e. The summed E-state index contributed by atoms with van der Waals surface area (Å²) < 4.78 is 13.7. The molecule has 0 spiro atoms. The molecule has 9 heteroatoms. The number of hydrogen-bond donors (Lipinski definition) is 3. The number of likely N-dealkylation sites (tertiary alicyclic amines) is 1. The van der Waals surface area contributed by atoms with Crippen molar-refractivity contribution in [1.29, 1.82) is 0 Å². The van der Waals surface area contributed by atoms with Gasteiger partial charge in [-0.25, -0.2) is 15.4 Å². The zero-order valence-electron chi connectivity index (χ0n) is 20.1. The van der Waals surface area contributed by atoms with Gasteiger partial charge in [0.05, 0.1) is 11.6 Å². The maximum absolute atomic E-state index is 13.7. The Labute approximate surface area is 213 Å². The number of hydrogen-bond acceptors (Lipinski definition) is 7. The zero-order valence-corrected chi connectivity index (χ0v) is 20.9. The van der Waals surface area contributed by atoms with Crippen LogP contribution in [0.25, 0.3) is 21.6 Å². The molecular weight excluding hydrogens is 473 g/mol. The lowest BCUT2D eigenvalue weighted by Gasteiger charge is -2.33. The van der Waals surface area contributed by atoms with Crippen molar-refractivity contribution in [2.45, 2.75) is 56.7 Å². The van der Waals surface area contributed by atoms with Crippen LogP contribution in [0.4, 0.5) is 4.39 Å². The minimum atomic E-state index is -0.188. The number of nitrogens with one attached hydrogen (secondary N) is 3. The van der Waals surface area contributed by atoms with E-state index in [9.17, 15) is 4.39 Å². The standard InChI is InChI=1S/C27H30FN7S/c28-23-6-5-22(36-23)19-7-8-30-26-24(19)31-27(32-26)25-20-12-17(3-4-21(20)33-34-25)18-11-16(13-29-14-18)15-35-9-1-2-10-35/h5-8,11,13-14,17,20-21,25,33-34H,1-4,9-10,12,15H2,(H,30,31,32). The number of imidazole rings is 1. The topological polar surface area (TPSA) is 81.8 Å². The van der Waals surface area contributed by atoms with Crippen LogP contribution in [0.5, 0.6) is 0 Å². The van der Waals surface area contributed by atoms with Crippen LogP contribution in [0.1, 0.15) is 61.0 Å². The third-order valence-electron chi connectivity index (χ3n) is 8.19. The Balaban J connectivity index is 1.14. The molecule has 3 fully saturated rings. The number of H-pyrrole nitrogens is 1. The Kier molecular flexibility index (Phi) is 5.81. The number of thiophene rings is 1. The van der Waals surface area contributed by atoms with Gasteiger partial charge in [0.15, 0.2) is 10.8 Å². The van der Waals surface area contributed by atoms with E-state index >= 15 is 0 Å². The molecule has 4 aromatic rings. The van der Waals surface area contributed by atoms with Crippen LogP contribution >= 0.6 is 11.3 Å². The molecular formula is C27H30FN7S. The quantitative estimate of drug-likeness (QED) is 0.359. The van der Waals surface area contributed by atoms with Gasteiger partial charge in [0, 0.05) is 41.6 Å². The highest BCUT2D eigenvalue weighted by atomic mass is 32.1. The lowest BCUT2D eigenvalue weighted by molar-refractivity contribution is 0.274. The Hall–Kier alpha value is -2.72. The van der Waals surface area contributed by atoms with Gasteiger partial charge in [0.2, 0.25) is 0 Å². The molecule has 2 saturated heterocycles. The molecule has 4 atom stereocenters. The Morgan fingerprint density at radius 3 is 2.86 bits per heavy atom. The predicted octanol–water partition coefficient (Wildman–Crippen LogP) is 4.92. The molecule has 36 heavy (non-hydrogen) atoms. The van der Waals surface area contributed by atoms with Crippen molar-refractivity contribution in [1.82, 2.24) is 35.7 Å². The molecule has 4 aromatic heterocycles. The summed E-state index contributed by atoms with van der Waals surface area (Å²) in [5.41, 5.74) is 12.2. The number of rotatable bonds is 5. The van der Waals surface area contributed by atoms with E-state index in [2.05, 4.69) is 43.0 Å². The van der Waals surface area contributed by atoms with Gasteiger partial charge >= 0.3 is 0 Å². The summed E-state index contributed by atoms with van der Waals surface area (Å²) in [6.45, 7) is 3.41. The van der Waals surface area contributed by atoms with Gasteiger partial charge < -0.3 is 4.98 Å². The Bertz CT molecular complexity index is 1380. The first-order chi connectivity index (χ1) is 17.7. The summed E-state index contributed by atoms with van der Waals surface area (Å²) in [4.78, 5) is 20.9. The number of pyridine rings is 2. The SMILES string of the molecule is Fc1ccc(-c2ccnc3nc(C4NNC5CCC(c6cncc(CN7CCCC7)c6)CC54)[nH]c23)s1. The van der Waals surface area contributed by atoms with E-state index < -0.39 is 0 Å². The third kappa shape index (κ3) is 4.14. The number of aromatic nitrogens is 4. The van der Waals surface area contributed by atoms with Crippen molar-refractivity contribution in [3.63, 3.8) is 0 Å². The van der Waals surface area contributed by atoms with Gasteiger partial charge in [-0.3, -0.25) is 15.3 Å². The molecule has 4 unspecified atom stereocenters. The highest BCUT2D eigenvalue weighted by Gasteiger charge is 2.42. The number of fused-ring (bicyclic) bond motifs is 2. The zero-order chi connectivity index (χ0) is 24.1. The van der Waals surface area contributed by atoms with E-state index in [0.29, 0.717) is 23.5 Å². The summed E-state index contributed by atoms with van der Waals surface area (Å²) >= 11 is 1.15. The van der Waals surface area contributed by atoms with E-state index in [1.807, 2.05) is 18.3 Å². The van der Waals surface area contributed by atoms with E-state index in [-0.39, 0.29) is 11.2 Å². The van der Waals surface area contributed by atoms with E-state index in [4.69, 9.17) is 4.98 Å². The normalized spacial score (nSPS) is 26.6. The molecule has 0 amide bonds. The molecule has 0 aromatic carbocycles. The highest BCUT2D eigenvalue weighted by molar-refractivity contribution is 7.14. The summed E-state index contributed by atoms with van der Waals surface area (Å²) in [5.74, 6) is 1.80. The largest absolute Gasteiger partial charge is 0.339 e. The lowest BCUT2D eigenvalue weighted by Crippen LogP contribution is -2.34. The lowest BCUT2D eigenvalue weighted by atomic mass is 9.73. The average Bonchev–Trinajstić information content (AvgIpc) is 3.70. The van der Waals surface area contributed by atoms with Crippen LogP contribution in [0, 0.1) is 11.0 Å². The van der Waals surface area contributed by atoms with Crippen molar-refractivity contribution < 1.29 is 4.39 Å². The molecule has 1 aliphatic carbocycles. The van der Waals surface area contributed by atoms with Gasteiger partial charge in [0.25, 0.3) is 0 Å². The molecule has 7 nitrogen and oxygen atoms in total. The molecule has 6 heterocycles. The minimum absolute atomic E-state index is 0.0701. The van der Waals surface area contributed by atoms with Gasteiger partial charge in [-0.1, -0.05) is 6.07 Å². The Morgan fingerprint density at radius 1 is 1.08 bits per heavy atom. The summed E-state index contributed by atoms with van der Waals surface area (Å²) in [6, 6.07) is 8.13. The predicted molar refractivity (Wildman–Crippen MR) is 139 cm³/mol. The van der Waals surface area contributed by atoms with E-state index in [1.165, 1.54) is 43.1 Å². The second-order valence-electron chi connectivity index (χ2n) is 10.4. The maximum Gasteiger partial charge on any atom is 0.178 e. The number of nitrogens with zero attached hydrogens (tertiary/aromatic N) is 4. The van der Waals surface area contributed by atoms with Crippen LogP contribution in [0.2, 0.25) is 0 Å². The number of aromatic amines is 1. The van der Waals surface area contributed by atoms with Crippen molar-refractivity contribution in [2.24, 2.45) is 5.92 Å². The summed E-state index contributed by atoms with van der Waals surface area (Å²) in [5, 5.41) is -0.188. The number of halogens is 1. The van der Waals surface area contributed by atoms with E-state index in [1.54, 1.807) is 6.20 Å². The van der Waals surface area contributed by atoms with Gasteiger partial charge in [-0.2, -0.15) is 4.39 Å². The highest BCUT2D eigenvalue weighted by Crippen LogP contribution is 2.44. The molecule has 2 aliphatic heterocycles. The maximum atomic E-state index is 13.7. The molecule has 186 valence electrons. The molecule has 7 rings (SSSR count). The Morgan fingerprint density at radius 2 is 2.00 bits per heavy atom. The first kappa shape index (κ1) is 22.5. The summed E-state index contributed by atoms with van der Waals surface area (Å²) in [6.07, 6.45) is 11.8. The minimum Gasteiger partial charge on any atom is -0.339 e. The summed E-state index contributed by atoms with van der Waals surface area (Å²) in [7, 11) is 0. The van der Waals surface area contributed by atoms with Gasteiger partial charge in [-0.15, -0.1) is 11.3 Å². The second kappa shape index (κ2) is 9.30. The molecule has 1 saturated carbocycles. The first-order valence-corrected chi connectivity index (χ1v) is 13.8. The second-order valence-corrected chi connectivity index (χ2v) is 11.5. The molecule has 0 radical (unpaired) electrons. The fourth-order valence-electron chi connectivity index (χ4n) is 6.39. The van der Waals surface area contributed by atoms with Crippen LogP contribution in [0.3, 0.4) is 0 Å². The first-order valence-electron chi connectivity index (χ1n) is 13.0. The molecule has 3 N–H and O–H groups in total. The fraction of sp³-hybridized carbons (Fsp3) is 0.444. The van der Waals surface area contributed by atoms with E-state index in [0.717, 1.165) is 58.9 Å². The average molecular weight is 504 g/mol. The van der Waals surface area contributed by atoms with Crippen LogP contribution < -0.4 is 10.9 Å². The third-order valence-corrected chi connectivity index (χ3v) is 9.09.